The van der Waals surface area contributed by atoms with Crippen LogP contribution in [0.5, 0.6) is 0 Å². The van der Waals surface area contributed by atoms with Gasteiger partial charge in [-0.15, -0.1) is 0 Å². The van der Waals surface area contributed by atoms with Crippen molar-refractivity contribution < 1.29 is 22.9 Å². The molecule has 0 aliphatic rings. The van der Waals surface area contributed by atoms with Gasteiger partial charge in [0.15, 0.2) is 5.69 Å². The third-order valence-corrected chi connectivity index (χ3v) is 2.93. The van der Waals surface area contributed by atoms with Crippen LogP contribution in [0, 0.1) is 17.0 Å². The smallest absolute Gasteiger partial charge is 0.317 e. The van der Waals surface area contributed by atoms with Crippen LogP contribution in [-0.2, 0) is 12.7 Å². The highest BCUT2D eigenvalue weighted by Crippen LogP contribution is 2.35. The number of carbonyl (C=O) groups excluding carboxylic acids is 1. The van der Waals surface area contributed by atoms with Gasteiger partial charge in [0, 0.05) is 6.54 Å². The van der Waals surface area contributed by atoms with Gasteiger partial charge in [0.25, 0.3) is 5.91 Å². The minimum absolute atomic E-state index is 0.0387. The van der Waals surface area contributed by atoms with Crippen LogP contribution >= 0.6 is 0 Å². The zero-order chi connectivity index (χ0) is 17.4. The molecular formula is C11H11F3N6O3. The molecule has 0 radical (unpaired) electrons. The van der Waals surface area contributed by atoms with E-state index in [9.17, 15) is 28.1 Å². The average Bonchev–Trinajstić information content (AvgIpc) is 3.03. The van der Waals surface area contributed by atoms with Gasteiger partial charge in [0.1, 0.15) is 6.20 Å². The number of anilines is 1. The minimum atomic E-state index is -4.79. The van der Waals surface area contributed by atoms with Crippen LogP contribution in [0.4, 0.5) is 24.5 Å². The van der Waals surface area contributed by atoms with E-state index in [1.807, 2.05) is 5.32 Å². The second-order valence-corrected chi connectivity index (χ2v) is 4.50. The van der Waals surface area contributed by atoms with E-state index in [0.717, 1.165) is 10.9 Å². The zero-order valence-electron chi connectivity index (χ0n) is 11.9. The number of halogens is 3. The highest BCUT2D eigenvalue weighted by atomic mass is 19.4. The topological polar surface area (TPSA) is 119 Å². The molecular weight excluding hydrogens is 321 g/mol. The molecule has 0 atom stereocenters. The highest BCUT2D eigenvalue weighted by molar-refractivity contribution is 6.06. The summed E-state index contributed by atoms with van der Waals surface area (Å²) >= 11 is 0. The quantitative estimate of drug-likeness (QED) is 0.656. The fourth-order valence-corrected chi connectivity index (χ4v) is 1.83. The number of aromatic nitrogens is 4. The lowest BCUT2D eigenvalue weighted by atomic mass is 10.2. The Bertz CT molecular complexity index is 764. The van der Waals surface area contributed by atoms with Crippen molar-refractivity contribution in [3.63, 3.8) is 0 Å². The Morgan fingerprint density at radius 3 is 2.70 bits per heavy atom. The summed E-state index contributed by atoms with van der Waals surface area (Å²) in [6, 6.07) is 0. The van der Waals surface area contributed by atoms with Crippen molar-refractivity contribution >= 4 is 17.3 Å². The predicted octanol–water partition coefficient (Wildman–Crippen LogP) is 2.11. The molecule has 0 bridgehead atoms. The molecule has 2 rings (SSSR count). The normalized spacial score (nSPS) is 11.5. The van der Waals surface area contributed by atoms with Gasteiger partial charge in [0.2, 0.25) is 5.69 Å². The summed E-state index contributed by atoms with van der Waals surface area (Å²) in [7, 11) is 0. The molecule has 23 heavy (non-hydrogen) atoms. The number of nitro groups is 1. The minimum Gasteiger partial charge on any atom is -0.317 e. The fraction of sp³-hybridized carbons (Fsp3) is 0.364. The summed E-state index contributed by atoms with van der Waals surface area (Å²) in [6.07, 6.45) is -3.76. The molecule has 2 aromatic rings. The average molecular weight is 332 g/mol. The summed E-state index contributed by atoms with van der Waals surface area (Å²) in [6.45, 7) is 3.17. The number of hydrogen-bond acceptors (Lipinski definition) is 5. The van der Waals surface area contributed by atoms with E-state index in [2.05, 4.69) is 15.3 Å². The van der Waals surface area contributed by atoms with Gasteiger partial charge >= 0.3 is 11.9 Å². The van der Waals surface area contributed by atoms with Crippen LogP contribution in [-0.4, -0.2) is 30.8 Å². The number of H-pyrrole nitrogens is 1. The van der Waals surface area contributed by atoms with E-state index < -0.39 is 39.8 Å². The van der Waals surface area contributed by atoms with Crippen molar-refractivity contribution in [3.05, 3.63) is 33.4 Å². The maximum absolute atomic E-state index is 12.8. The second kappa shape index (κ2) is 5.70. The van der Waals surface area contributed by atoms with E-state index in [1.165, 1.54) is 6.92 Å². The molecule has 0 saturated carbocycles. The fourth-order valence-electron chi connectivity index (χ4n) is 1.83. The Labute approximate surface area is 126 Å². The molecule has 0 aliphatic heterocycles. The first-order valence-electron chi connectivity index (χ1n) is 6.30. The summed E-state index contributed by atoms with van der Waals surface area (Å²) < 4.78 is 39.6. The van der Waals surface area contributed by atoms with Gasteiger partial charge in [0.05, 0.1) is 16.3 Å². The van der Waals surface area contributed by atoms with E-state index in [-0.39, 0.29) is 12.2 Å². The first kappa shape index (κ1) is 16.5. The van der Waals surface area contributed by atoms with Crippen LogP contribution < -0.4 is 5.32 Å². The lowest BCUT2D eigenvalue weighted by molar-refractivity contribution is -0.385. The number of carbonyl (C=O) groups is 1. The molecule has 0 aromatic carbocycles. The standard InChI is InChI=1S/C11H11F3N6O3/c1-3-19-4-6(20(22)23)8(18-19)10(21)15-7-5(2)16-17-9(7)11(12,13)14/h4H,3H2,1-2H3,(H,15,21)(H,16,17). The van der Waals surface area contributed by atoms with E-state index in [1.54, 1.807) is 6.92 Å². The highest BCUT2D eigenvalue weighted by Gasteiger charge is 2.39. The van der Waals surface area contributed by atoms with Crippen molar-refractivity contribution in [1.29, 1.82) is 0 Å². The van der Waals surface area contributed by atoms with Crippen LogP contribution in [0.2, 0.25) is 0 Å². The number of rotatable bonds is 4. The molecule has 2 aromatic heterocycles. The first-order chi connectivity index (χ1) is 10.6. The molecule has 2 heterocycles. The molecule has 1 amide bonds. The summed E-state index contributed by atoms with van der Waals surface area (Å²) in [5.41, 5.74) is -3.13. The lowest BCUT2D eigenvalue weighted by Crippen LogP contribution is -2.18. The number of nitrogens with zero attached hydrogens (tertiary/aromatic N) is 4. The van der Waals surface area contributed by atoms with Crippen LogP contribution in [0.3, 0.4) is 0 Å². The number of aryl methyl sites for hydroxylation is 2. The van der Waals surface area contributed by atoms with E-state index >= 15 is 0 Å². The van der Waals surface area contributed by atoms with Crippen molar-refractivity contribution in [2.75, 3.05) is 5.32 Å². The summed E-state index contributed by atoms with van der Waals surface area (Å²) in [5.74, 6) is -1.13. The van der Waals surface area contributed by atoms with Gasteiger partial charge in [-0.1, -0.05) is 0 Å². The number of aromatic amines is 1. The molecule has 0 aliphatic carbocycles. The maximum Gasteiger partial charge on any atom is 0.437 e. The summed E-state index contributed by atoms with van der Waals surface area (Å²) in [5, 5.41) is 21.8. The Hall–Kier alpha value is -2.92. The largest absolute Gasteiger partial charge is 0.437 e. The molecule has 9 nitrogen and oxygen atoms in total. The van der Waals surface area contributed by atoms with Crippen LogP contribution in [0.25, 0.3) is 0 Å². The number of hydrogen-bond donors (Lipinski definition) is 2. The molecule has 124 valence electrons. The monoisotopic (exact) mass is 332 g/mol. The SMILES string of the molecule is CCn1cc([N+](=O)[O-])c(C(=O)Nc2c(C(F)(F)F)n[nH]c2C)n1. The van der Waals surface area contributed by atoms with Gasteiger partial charge in [-0.3, -0.25) is 24.7 Å². The van der Waals surface area contributed by atoms with Gasteiger partial charge < -0.3 is 5.32 Å². The van der Waals surface area contributed by atoms with Crippen LogP contribution in [0.15, 0.2) is 6.20 Å². The van der Waals surface area contributed by atoms with Gasteiger partial charge in [-0.25, -0.2) is 0 Å². The number of amides is 1. The van der Waals surface area contributed by atoms with Crippen molar-refractivity contribution in [2.45, 2.75) is 26.6 Å². The molecule has 0 spiro atoms. The van der Waals surface area contributed by atoms with Crippen molar-refractivity contribution in [1.82, 2.24) is 20.0 Å². The Balaban J connectivity index is 2.39. The molecule has 2 N–H and O–H groups in total. The first-order valence-corrected chi connectivity index (χ1v) is 6.30. The predicted molar refractivity (Wildman–Crippen MR) is 70.8 cm³/mol. The Morgan fingerprint density at radius 1 is 1.52 bits per heavy atom. The zero-order valence-corrected chi connectivity index (χ0v) is 11.9. The molecule has 0 unspecified atom stereocenters. The Kier molecular flexibility index (Phi) is 4.08. The van der Waals surface area contributed by atoms with Crippen molar-refractivity contribution in [2.24, 2.45) is 0 Å². The molecule has 0 fully saturated rings. The van der Waals surface area contributed by atoms with E-state index in [4.69, 9.17) is 0 Å². The van der Waals surface area contributed by atoms with Gasteiger partial charge in [-0.05, 0) is 13.8 Å². The molecule has 12 heteroatoms. The number of alkyl halides is 3. The van der Waals surface area contributed by atoms with Crippen molar-refractivity contribution in [3.8, 4) is 0 Å². The number of nitrogens with one attached hydrogen (secondary N) is 2. The van der Waals surface area contributed by atoms with E-state index in [0.29, 0.717) is 0 Å². The third-order valence-electron chi connectivity index (χ3n) is 2.93. The summed E-state index contributed by atoms with van der Waals surface area (Å²) in [4.78, 5) is 22.2. The van der Waals surface area contributed by atoms with Crippen LogP contribution in [0.1, 0.15) is 28.8 Å². The maximum atomic E-state index is 12.8. The second-order valence-electron chi connectivity index (χ2n) is 4.50. The molecule has 0 saturated heterocycles. The van der Waals surface area contributed by atoms with Gasteiger partial charge in [-0.2, -0.15) is 23.4 Å². The lowest BCUT2D eigenvalue weighted by Gasteiger charge is -2.07. The Morgan fingerprint density at radius 2 is 2.17 bits per heavy atom. The third kappa shape index (κ3) is 3.14.